The van der Waals surface area contributed by atoms with Gasteiger partial charge < -0.3 is 10.4 Å². The Labute approximate surface area is 145 Å². The minimum atomic E-state index is -0.150. The maximum atomic E-state index is 9.63. The third kappa shape index (κ3) is 3.09. The maximum Gasteiger partial charge on any atom is 0.165 e. The van der Waals surface area contributed by atoms with E-state index in [1.54, 1.807) is 4.52 Å². The summed E-state index contributed by atoms with van der Waals surface area (Å²) in [6, 6.07) is 10.0. The van der Waals surface area contributed by atoms with E-state index in [2.05, 4.69) is 10.4 Å². The summed E-state index contributed by atoms with van der Waals surface area (Å²) < 4.78 is 1.77. The van der Waals surface area contributed by atoms with Gasteiger partial charge in [0.15, 0.2) is 5.65 Å². The molecule has 0 bridgehead atoms. The van der Waals surface area contributed by atoms with E-state index >= 15 is 0 Å². The lowest BCUT2D eigenvalue weighted by atomic mass is 9.93. The van der Waals surface area contributed by atoms with Crippen molar-refractivity contribution in [3.8, 4) is 11.1 Å². The summed E-state index contributed by atoms with van der Waals surface area (Å²) in [6.45, 7) is 0. The molecule has 1 aliphatic rings. The lowest BCUT2D eigenvalue weighted by Crippen LogP contribution is -2.28. The van der Waals surface area contributed by atoms with Crippen LogP contribution in [0.4, 0.5) is 5.82 Å². The molecule has 6 heteroatoms. The molecule has 0 saturated heterocycles. The highest BCUT2D eigenvalue weighted by Gasteiger charge is 2.19. The molecule has 0 amide bonds. The molecule has 0 spiro atoms. The summed E-state index contributed by atoms with van der Waals surface area (Å²) in [6.07, 6.45) is 7.21. The zero-order valence-electron chi connectivity index (χ0n) is 13.2. The molecule has 1 saturated carbocycles. The van der Waals surface area contributed by atoms with E-state index in [1.807, 2.05) is 42.7 Å². The van der Waals surface area contributed by atoms with Crippen LogP contribution in [0.5, 0.6) is 0 Å². The van der Waals surface area contributed by atoms with Crippen molar-refractivity contribution in [1.29, 1.82) is 0 Å². The quantitative estimate of drug-likeness (QED) is 0.760. The first-order valence-electron chi connectivity index (χ1n) is 8.24. The van der Waals surface area contributed by atoms with Crippen molar-refractivity contribution in [1.82, 2.24) is 14.6 Å². The lowest BCUT2D eigenvalue weighted by molar-refractivity contribution is 0.126. The van der Waals surface area contributed by atoms with E-state index in [9.17, 15) is 5.11 Å². The summed E-state index contributed by atoms with van der Waals surface area (Å²) in [5, 5.41) is 18.2. The van der Waals surface area contributed by atoms with Crippen molar-refractivity contribution in [2.75, 3.05) is 5.32 Å². The highest BCUT2D eigenvalue weighted by molar-refractivity contribution is 6.30. The van der Waals surface area contributed by atoms with Crippen molar-refractivity contribution >= 4 is 23.1 Å². The molecule has 3 aromatic rings. The van der Waals surface area contributed by atoms with Gasteiger partial charge >= 0.3 is 0 Å². The van der Waals surface area contributed by atoms with Crippen LogP contribution in [0.15, 0.2) is 42.7 Å². The van der Waals surface area contributed by atoms with E-state index in [-0.39, 0.29) is 6.10 Å². The van der Waals surface area contributed by atoms with Gasteiger partial charge in [0.05, 0.1) is 12.3 Å². The molecule has 1 aliphatic carbocycles. The van der Waals surface area contributed by atoms with Crippen molar-refractivity contribution in [3.63, 3.8) is 0 Å². The number of halogens is 1. The van der Waals surface area contributed by atoms with Gasteiger partial charge in [-0.05, 0) is 49.4 Å². The molecule has 2 aromatic heterocycles. The highest BCUT2D eigenvalue weighted by Crippen LogP contribution is 2.27. The number of hydrogen-bond acceptors (Lipinski definition) is 4. The number of aliphatic hydroxyl groups is 1. The number of anilines is 1. The van der Waals surface area contributed by atoms with E-state index < -0.39 is 0 Å². The van der Waals surface area contributed by atoms with Gasteiger partial charge in [0, 0.05) is 22.8 Å². The first-order valence-corrected chi connectivity index (χ1v) is 8.62. The van der Waals surface area contributed by atoms with E-state index in [4.69, 9.17) is 16.6 Å². The third-order valence-corrected chi connectivity index (χ3v) is 4.79. The van der Waals surface area contributed by atoms with E-state index in [1.165, 1.54) is 0 Å². The summed E-state index contributed by atoms with van der Waals surface area (Å²) in [5.41, 5.74) is 2.77. The maximum absolute atomic E-state index is 9.63. The second-order valence-corrected chi connectivity index (χ2v) is 6.74. The fraction of sp³-hybridized carbons (Fsp3) is 0.333. The number of nitrogens with zero attached hydrogens (tertiary/aromatic N) is 3. The van der Waals surface area contributed by atoms with Crippen LogP contribution in [0.1, 0.15) is 25.7 Å². The molecule has 2 heterocycles. The predicted molar refractivity (Wildman–Crippen MR) is 95.3 cm³/mol. The average molecular weight is 343 g/mol. The van der Waals surface area contributed by atoms with Gasteiger partial charge in [-0.3, -0.25) is 0 Å². The fourth-order valence-electron chi connectivity index (χ4n) is 3.24. The zero-order valence-corrected chi connectivity index (χ0v) is 13.9. The summed E-state index contributed by atoms with van der Waals surface area (Å²) in [7, 11) is 0. The largest absolute Gasteiger partial charge is 0.393 e. The number of nitrogens with one attached hydrogen (secondary N) is 1. The molecular weight excluding hydrogens is 324 g/mol. The fourth-order valence-corrected chi connectivity index (χ4v) is 3.43. The van der Waals surface area contributed by atoms with E-state index in [0.717, 1.165) is 48.3 Å². The summed E-state index contributed by atoms with van der Waals surface area (Å²) >= 11 is 6.10. The predicted octanol–water partition coefficient (Wildman–Crippen LogP) is 3.77. The number of rotatable bonds is 3. The normalized spacial score (nSPS) is 21.1. The molecule has 24 heavy (non-hydrogen) atoms. The highest BCUT2D eigenvalue weighted by atomic mass is 35.5. The molecule has 0 aliphatic heterocycles. The van der Waals surface area contributed by atoms with Crippen LogP contribution < -0.4 is 5.32 Å². The van der Waals surface area contributed by atoms with Crippen LogP contribution in [0.3, 0.4) is 0 Å². The number of fused-ring (bicyclic) bond motifs is 1. The van der Waals surface area contributed by atoms with Crippen LogP contribution in [-0.2, 0) is 0 Å². The van der Waals surface area contributed by atoms with Crippen molar-refractivity contribution < 1.29 is 5.11 Å². The molecule has 5 nitrogen and oxygen atoms in total. The van der Waals surface area contributed by atoms with Crippen molar-refractivity contribution in [2.24, 2.45) is 0 Å². The summed E-state index contributed by atoms with van der Waals surface area (Å²) in [4.78, 5) is 4.74. The van der Waals surface area contributed by atoms with Gasteiger partial charge in [-0.1, -0.05) is 23.7 Å². The van der Waals surface area contributed by atoms with Crippen LogP contribution in [0, 0.1) is 0 Å². The topological polar surface area (TPSA) is 62.5 Å². The second kappa shape index (κ2) is 6.42. The number of aliphatic hydroxyl groups excluding tert-OH is 1. The first-order chi connectivity index (χ1) is 11.7. The molecule has 124 valence electrons. The second-order valence-electron chi connectivity index (χ2n) is 6.30. The first kappa shape index (κ1) is 15.4. The van der Waals surface area contributed by atoms with Gasteiger partial charge in [-0.15, -0.1) is 0 Å². The molecule has 0 unspecified atom stereocenters. The number of hydrogen-bond donors (Lipinski definition) is 2. The van der Waals surface area contributed by atoms with Gasteiger partial charge in [-0.25, -0.2) is 9.50 Å². The Bertz CT molecular complexity index is 855. The molecule has 4 rings (SSSR count). The Morgan fingerprint density at radius 2 is 2.00 bits per heavy atom. The van der Waals surface area contributed by atoms with Gasteiger partial charge in [0.2, 0.25) is 0 Å². The Hall–Kier alpha value is -2.11. The zero-order chi connectivity index (χ0) is 16.5. The number of aromatic nitrogens is 3. The van der Waals surface area contributed by atoms with Gasteiger partial charge in [0.25, 0.3) is 0 Å². The smallest absolute Gasteiger partial charge is 0.165 e. The Balaban J connectivity index is 1.63. The van der Waals surface area contributed by atoms with Crippen molar-refractivity contribution in [2.45, 2.75) is 37.8 Å². The Kier molecular flexibility index (Phi) is 4.12. The lowest BCUT2D eigenvalue weighted by Gasteiger charge is -2.26. The molecule has 1 aromatic carbocycles. The SMILES string of the molecule is OC1CCC(Nc2ccn3ncc(-c4cccc(Cl)c4)c3n2)CC1. The number of benzene rings is 1. The standard InChI is InChI=1S/C18H19ClN4O/c19-13-3-1-2-12(10-13)16-11-20-23-9-8-17(22-18(16)23)21-14-4-6-15(24)7-5-14/h1-3,8-11,14-15,24H,4-7H2,(H,21,22). The van der Waals surface area contributed by atoms with Crippen molar-refractivity contribution in [3.05, 3.63) is 47.7 Å². The van der Waals surface area contributed by atoms with Gasteiger partial charge in [-0.2, -0.15) is 5.10 Å². The molecule has 0 atom stereocenters. The minimum absolute atomic E-state index is 0.150. The molecule has 2 N–H and O–H groups in total. The van der Waals surface area contributed by atoms with Gasteiger partial charge in [0.1, 0.15) is 5.82 Å². The Morgan fingerprint density at radius 1 is 1.17 bits per heavy atom. The molecular formula is C18H19ClN4O. The average Bonchev–Trinajstić information content (AvgIpc) is 3.00. The summed E-state index contributed by atoms with van der Waals surface area (Å²) in [5.74, 6) is 0.840. The Morgan fingerprint density at radius 3 is 2.79 bits per heavy atom. The van der Waals surface area contributed by atoms with Crippen LogP contribution >= 0.6 is 11.6 Å². The van der Waals surface area contributed by atoms with Crippen LogP contribution in [0.25, 0.3) is 16.8 Å². The molecule has 1 fully saturated rings. The van der Waals surface area contributed by atoms with E-state index in [0.29, 0.717) is 11.1 Å². The monoisotopic (exact) mass is 342 g/mol. The van der Waals surface area contributed by atoms with Crippen LogP contribution in [0.2, 0.25) is 5.02 Å². The minimum Gasteiger partial charge on any atom is -0.393 e. The third-order valence-electron chi connectivity index (χ3n) is 4.55. The molecule has 0 radical (unpaired) electrons. The van der Waals surface area contributed by atoms with Crippen LogP contribution in [-0.4, -0.2) is 31.9 Å².